The van der Waals surface area contributed by atoms with Gasteiger partial charge in [0.15, 0.2) is 0 Å². The average molecular weight is 368 g/mol. The molecular formula is C20H20N2O3S. The third kappa shape index (κ3) is 3.25. The molecule has 1 unspecified atom stereocenters. The Hall–Kier alpha value is -2.57. The first-order valence-corrected chi connectivity index (χ1v) is 9.99. The number of hydrogen-bond donors (Lipinski definition) is 2. The number of rotatable bonds is 5. The number of allylic oxidation sites excluding steroid dienone is 2. The summed E-state index contributed by atoms with van der Waals surface area (Å²) in [4.78, 5) is 3.60. The van der Waals surface area contributed by atoms with Gasteiger partial charge >= 0.3 is 0 Å². The standard InChI is InChI=1S/C20H20N2O3S/c1-14-8-10-16(11-9-14)26(23,24)22-20(19-7-4-12-25-19)18-13-15-5-2-3-6-17(15)21-18/h2-4,7-13,20-22H,5-6H2,1H3. The summed E-state index contributed by atoms with van der Waals surface area (Å²) in [6, 6.07) is 11.7. The molecule has 5 nitrogen and oxygen atoms in total. The fourth-order valence-electron chi connectivity index (χ4n) is 3.17. The first kappa shape index (κ1) is 16.9. The quantitative estimate of drug-likeness (QED) is 0.675. The number of aryl methyl sites for hydroxylation is 1. The summed E-state index contributed by atoms with van der Waals surface area (Å²) in [5.74, 6) is 0.548. The van der Waals surface area contributed by atoms with E-state index in [0.717, 1.165) is 29.8 Å². The van der Waals surface area contributed by atoms with Gasteiger partial charge in [-0.25, -0.2) is 8.42 Å². The second-order valence-electron chi connectivity index (χ2n) is 6.49. The molecule has 134 valence electrons. The van der Waals surface area contributed by atoms with Crippen molar-refractivity contribution in [3.8, 4) is 0 Å². The number of aromatic amines is 1. The molecule has 0 aliphatic heterocycles. The highest BCUT2D eigenvalue weighted by Crippen LogP contribution is 2.28. The first-order valence-electron chi connectivity index (χ1n) is 8.51. The lowest BCUT2D eigenvalue weighted by Gasteiger charge is -2.16. The molecule has 2 N–H and O–H groups in total. The molecule has 0 bridgehead atoms. The van der Waals surface area contributed by atoms with E-state index in [0.29, 0.717) is 5.76 Å². The van der Waals surface area contributed by atoms with Crippen molar-refractivity contribution in [2.45, 2.75) is 30.7 Å². The molecule has 2 aromatic heterocycles. The highest BCUT2D eigenvalue weighted by molar-refractivity contribution is 7.89. The van der Waals surface area contributed by atoms with Gasteiger partial charge in [-0.15, -0.1) is 0 Å². The van der Waals surface area contributed by atoms with E-state index in [-0.39, 0.29) is 4.90 Å². The highest BCUT2D eigenvalue weighted by atomic mass is 32.2. The number of benzene rings is 1. The van der Waals surface area contributed by atoms with E-state index in [1.165, 1.54) is 5.56 Å². The van der Waals surface area contributed by atoms with Gasteiger partial charge in [0, 0.05) is 17.8 Å². The third-order valence-electron chi connectivity index (χ3n) is 4.58. The van der Waals surface area contributed by atoms with E-state index in [1.807, 2.05) is 13.0 Å². The maximum absolute atomic E-state index is 12.9. The number of H-pyrrole nitrogens is 1. The van der Waals surface area contributed by atoms with E-state index in [4.69, 9.17) is 4.42 Å². The van der Waals surface area contributed by atoms with Crippen LogP contribution in [0.1, 0.15) is 34.3 Å². The zero-order valence-electron chi connectivity index (χ0n) is 14.4. The summed E-state index contributed by atoms with van der Waals surface area (Å²) < 4.78 is 34.1. The Labute approximate surface area is 152 Å². The Morgan fingerprint density at radius 1 is 1.12 bits per heavy atom. The normalized spacial score (nSPS) is 15.0. The molecule has 1 aromatic carbocycles. The minimum Gasteiger partial charge on any atom is -0.467 e. The molecule has 0 fully saturated rings. The van der Waals surface area contributed by atoms with Crippen molar-refractivity contribution in [3.05, 3.63) is 89.2 Å². The zero-order valence-corrected chi connectivity index (χ0v) is 15.2. The molecule has 0 saturated heterocycles. The van der Waals surface area contributed by atoms with Crippen LogP contribution in [0.5, 0.6) is 0 Å². The minimum atomic E-state index is -3.70. The van der Waals surface area contributed by atoms with Crippen molar-refractivity contribution in [2.24, 2.45) is 0 Å². The molecular weight excluding hydrogens is 348 g/mol. The van der Waals surface area contributed by atoms with Gasteiger partial charge in [0.25, 0.3) is 0 Å². The fraction of sp³-hybridized carbons (Fsp3) is 0.200. The predicted molar refractivity (Wildman–Crippen MR) is 99.4 cm³/mol. The average Bonchev–Trinajstić information content (AvgIpc) is 3.29. The summed E-state index contributed by atoms with van der Waals surface area (Å²) >= 11 is 0. The third-order valence-corrected chi connectivity index (χ3v) is 6.02. The lowest BCUT2D eigenvalue weighted by atomic mass is 10.0. The van der Waals surface area contributed by atoms with Crippen molar-refractivity contribution >= 4 is 10.0 Å². The van der Waals surface area contributed by atoms with Gasteiger partial charge < -0.3 is 9.40 Å². The van der Waals surface area contributed by atoms with E-state index in [1.54, 1.807) is 42.7 Å². The molecule has 3 aromatic rings. The van der Waals surface area contributed by atoms with Crippen molar-refractivity contribution in [3.63, 3.8) is 0 Å². The van der Waals surface area contributed by atoms with Crippen LogP contribution >= 0.6 is 0 Å². The van der Waals surface area contributed by atoms with E-state index in [2.05, 4.69) is 21.9 Å². The molecule has 1 atom stereocenters. The predicted octanol–water partition coefficient (Wildman–Crippen LogP) is 3.64. The maximum Gasteiger partial charge on any atom is 0.241 e. The number of fused-ring (bicyclic) bond motifs is 1. The molecule has 0 amide bonds. The van der Waals surface area contributed by atoms with Crippen LogP contribution in [-0.2, 0) is 22.9 Å². The van der Waals surface area contributed by atoms with E-state index < -0.39 is 16.1 Å². The van der Waals surface area contributed by atoms with Crippen LogP contribution in [0.25, 0.3) is 0 Å². The van der Waals surface area contributed by atoms with Gasteiger partial charge in [0.05, 0.1) is 11.2 Å². The molecule has 2 heterocycles. The number of hydrogen-bond acceptors (Lipinski definition) is 3. The Bertz CT molecular complexity index is 1000. The molecule has 1 aliphatic rings. The Balaban J connectivity index is 1.70. The topological polar surface area (TPSA) is 75.1 Å². The Morgan fingerprint density at radius 3 is 2.58 bits per heavy atom. The molecule has 0 radical (unpaired) electrons. The van der Waals surface area contributed by atoms with Crippen LogP contribution < -0.4 is 4.72 Å². The van der Waals surface area contributed by atoms with Gasteiger partial charge in [0.1, 0.15) is 11.8 Å². The number of aromatic nitrogens is 1. The SMILES string of the molecule is Cc1ccc(S(=O)(=O)NC(c2cc3c([nH]2)CC=CC3)c2ccco2)cc1. The van der Waals surface area contributed by atoms with E-state index in [9.17, 15) is 8.42 Å². The van der Waals surface area contributed by atoms with Crippen molar-refractivity contribution in [2.75, 3.05) is 0 Å². The Morgan fingerprint density at radius 2 is 1.88 bits per heavy atom. The van der Waals surface area contributed by atoms with Crippen molar-refractivity contribution in [1.29, 1.82) is 0 Å². The van der Waals surface area contributed by atoms with Crippen LogP contribution in [-0.4, -0.2) is 13.4 Å². The Kier molecular flexibility index (Phi) is 4.30. The summed E-state index contributed by atoms with van der Waals surface area (Å²) in [5.41, 5.74) is 4.10. The van der Waals surface area contributed by atoms with Crippen LogP contribution in [0, 0.1) is 6.92 Å². The monoisotopic (exact) mass is 368 g/mol. The minimum absolute atomic E-state index is 0.234. The molecule has 0 saturated carbocycles. The summed E-state index contributed by atoms with van der Waals surface area (Å²) in [6.45, 7) is 1.92. The van der Waals surface area contributed by atoms with Gasteiger partial charge in [-0.05, 0) is 49.2 Å². The largest absolute Gasteiger partial charge is 0.467 e. The molecule has 0 spiro atoms. The van der Waals surface area contributed by atoms with Crippen LogP contribution in [0.3, 0.4) is 0 Å². The van der Waals surface area contributed by atoms with Crippen LogP contribution in [0.15, 0.2) is 70.2 Å². The summed E-state index contributed by atoms with van der Waals surface area (Å²) in [7, 11) is -3.70. The van der Waals surface area contributed by atoms with Gasteiger partial charge in [-0.2, -0.15) is 4.72 Å². The number of nitrogens with one attached hydrogen (secondary N) is 2. The number of furan rings is 1. The van der Waals surface area contributed by atoms with Gasteiger partial charge in [-0.3, -0.25) is 0 Å². The molecule has 4 rings (SSSR count). The lowest BCUT2D eigenvalue weighted by molar-refractivity contribution is 0.467. The molecule has 1 aliphatic carbocycles. The number of sulfonamides is 1. The van der Waals surface area contributed by atoms with Gasteiger partial charge in [0.2, 0.25) is 10.0 Å². The molecule has 26 heavy (non-hydrogen) atoms. The van der Waals surface area contributed by atoms with Crippen LogP contribution in [0.4, 0.5) is 0 Å². The highest BCUT2D eigenvalue weighted by Gasteiger charge is 2.27. The summed E-state index contributed by atoms with van der Waals surface area (Å²) in [6.07, 6.45) is 7.46. The smallest absolute Gasteiger partial charge is 0.241 e. The molecule has 6 heteroatoms. The van der Waals surface area contributed by atoms with Crippen molar-refractivity contribution < 1.29 is 12.8 Å². The second kappa shape index (κ2) is 6.63. The maximum atomic E-state index is 12.9. The second-order valence-corrected chi connectivity index (χ2v) is 8.20. The van der Waals surface area contributed by atoms with E-state index >= 15 is 0 Å². The summed E-state index contributed by atoms with van der Waals surface area (Å²) in [5, 5.41) is 0. The lowest BCUT2D eigenvalue weighted by Crippen LogP contribution is -2.29. The van der Waals surface area contributed by atoms with Crippen LogP contribution in [0.2, 0.25) is 0 Å². The first-order chi connectivity index (χ1) is 12.5. The zero-order chi connectivity index (χ0) is 18.1. The van der Waals surface area contributed by atoms with Crippen molar-refractivity contribution in [1.82, 2.24) is 9.71 Å². The fourth-order valence-corrected chi connectivity index (χ4v) is 4.35. The van der Waals surface area contributed by atoms with Gasteiger partial charge in [-0.1, -0.05) is 29.8 Å².